The number of nitrogens with one attached hydrogen (secondary N) is 1. The van der Waals surface area contributed by atoms with Gasteiger partial charge in [-0.25, -0.2) is 8.42 Å². The topological polar surface area (TPSA) is 110 Å². The molecule has 2 rings (SSSR count). The fourth-order valence-corrected chi connectivity index (χ4v) is 4.13. The summed E-state index contributed by atoms with van der Waals surface area (Å²) in [4.78, 5) is 23.1. The van der Waals surface area contributed by atoms with Crippen LogP contribution in [0.15, 0.2) is 42.5 Å². The zero-order valence-electron chi connectivity index (χ0n) is 15.5. The second-order valence-corrected chi connectivity index (χ2v) is 8.54. The lowest BCUT2D eigenvalue weighted by atomic mass is 10.1. The maximum absolute atomic E-state index is 12.6. The molecule has 0 radical (unpaired) electrons. The summed E-state index contributed by atoms with van der Waals surface area (Å²) in [6, 6.07) is 9.70. The Morgan fingerprint density at radius 3 is 2.50 bits per heavy atom. The molecule has 0 aliphatic carbocycles. The summed E-state index contributed by atoms with van der Waals surface area (Å²) in [5.74, 6) is -0.559. The standard InChI is InChI=1S/C18H20ClN3O5S/c1-12-8-9-15(22(24)25)10-17(12)21(28(3,26)27)13(2)18(23)20-11-14-6-4-5-7-16(14)19/h4-10,13H,11H2,1-3H3,(H,20,23)/t13-/m0/s1. The molecule has 0 unspecified atom stereocenters. The third-order valence-electron chi connectivity index (χ3n) is 4.14. The number of sulfonamides is 1. The molecule has 0 aliphatic heterocycles. The van der Waals surface area contributed by atoms with Crippen molar-refractivity contribution in [3.63, 3.8) is 0 Å². The molecule has 2 aromatic carbocycles. The van der Waals surface area contributed by atoms with Crippen molar-refractivity contribution in [1.82, 2.24) is 5.32 Å². The molecular formula is C18H20ClN3O5S. The number of carbonyl (C=O) groups is 1. The number of non-ortho nitro benzene ring substituents is 1. The number of nitro groups is 1. The number of halogens is 1. The quantitative estimate of drug-likeness (QED) is 0.541. The lowest BCUT2D eigenvalue weighted by Crippen LogP contribution is -2.48. The first-order valence-electron chi connectivity index (χ1n) is 8.28. The maximum atomic E-state index is 12.6. The second-order valence-electron chi connectivity index (χ2n) is 6.27. The maximum Gasteiger partial charge on any atom is 0.271 e. The van der Waals surface area contributed by atoms with Crippen molar-refractivity contribution in [2.45, 2.75) is 26.4 Å². The van der Waals surface area contributed by atoms with Gasteiger partial charge in [-0.2, -0.15) is 0 Å². The fourth-order valence-electron chi connectivity index (χ4n) is 2.70. The Morgan fingerprint density at radius 1 is 1.29 bits per heavy atom. The zero-order valence-corrected chi connectivity index (χ0v) is 17.1. The van der Waals surface area contributed by atoms with Gasteiger partial charge in [0.2, 0.25) is 15.9 Å². The van der Waals surface area contributed by atoms with Gasteiger partial charge in [-0.3, -0.25) is 19.2 Å². The molecule has 2 aromatic rings. The first-order chi connectivity index (χ1) is 13.0. The Kier molecular flexibility index (Phi) is 6.63. The van der Waals surface area contributed by atoms with Crippen molar-refractivity contribution in [2.24, 2.45) is 0 Å². The minimum absolute atomic E-state index is 0.0806. The molecular weight excluding hydrogens is 406 g/mol. The monoisotopic (exact) mass is 425 g/mol. The van der Waals surface area contributed by atoms with E-state index in [0.29, 0.717) is 16.1 Å². The molecule has 0 saturated carbocycles. The summed E-state index contributed by atoms with van der Waals surface area (Å²) in [5.41, 5.74) is 0.985. The van der Waals surface area contributed by atoms with Crippen LogP contribution >= 0.6 is 11.6 Å². The van der Waals surface area contributed by atoms with E-state index in [1.165, 1.54) is 19.1 Å². The third kappa shape index (κ3) is 4.99. The van der Waals surface area contributed by atoms with Gasteiger partial charge >= 0.3 is 0 Å². The van der Waals surface area contributed by atoms with Gasteiger partial charge < -0.3 is 5.32 Å². The number of carbonyl (C=O) groups excluding carboxylic acids is 1. The van der Waals surface area contributed by atoms with Crippen molar-refractivity contribution >= 4 is 38.9 Å². The zero-order chi connectivity index (χ0) is 21.1. The van der Waals surface area contributed by atoms with E-state index in [2.05, 4.69) is 5.32 Å². The van der Waals surface area contributed by atoms with E-state index in [4.69, 9.17) is 11.6 Å². The lowest BCUT2D eigenvalue weighted by Gasteiger charge is -2.29. The number of nitrogens with zero attached hydrogens (tertiary/aromatic N) is 2. The first kappa shape index (κ1) is 21.6. The van der Waals surface area contributed by atoms with Crippen molar-refractivity contribution in [1.29, 1.82) is 0 Å². The minimum atomic E-state index is -3.89. The summed E-state index contributed by atoms with van der Waals surface area (Å²) in [6.45, 7) is 3.15. The van der Waals surface area contributed by atoms with E-state index in [-0.39, 0.29) is 17.9 Å². The molecule has 0 aliphatic rings. The number of benzene rings is 2. The highest BCUT2D eigenvalue weighted by Gasteiger charge is 2.31. The highest BCUT2D eigenvalue weighted by atomic mass is 35.5. The number of aryl methyl sites for hydroxylation is 1. The number of nitro benzene ring substituents is 1. The van der Waals surface area contributed by atoms with E-state index >= 15 is 0 Å². The van der Waals surface area contributed by atoms with Crippen molar-refractivity contribution in [3.8, 4) is 0 Å². The Morgan fingerprint density at radius 2 is 1.93 bits per heavy atom. The normalized spacial score (nSPS) is 12.3. The molecule has 0 bridgehead atoms. The van der Waals surface area contributed by atoms with Crippen LogP contribution in [0.2, 0.25) is 5.02 Å². The Balaban J connectivity index is 2.33. The summed E-state index contributed by atoms with van der Waals surface area (Å²) >= 11 is 6.06. The average Bonchev–Trinajstić information content (AvgIpc) is 2.61. The number of amides is 1. The number of anilines is 1. The van der Waals surface area contributed by atoms with Crippen LogP contribution in [0.3, 0.4) is 0 Å². The van der Waals surface area contributed by atoms with Crippen molar-refractivity contribution in [2.75, 3.05) is 10.6 Å². The summed E-state index contributed by atoms with van der Waals surface area (Å²) in [7, 11) is -3.89. The molecule has 8 nitrogen and oxygen atoms in total. The van der Waals surface area contributed by atoms with Crippen LogP contribution in [0.25, 0.3) is 0 Å². The lowest BCUT2D eigenvalue weighted by molar-refractivity contribution is -0.384. The van der Waals surface area contributed by atoms with Crippen LogP contribution in [0, 0.1) is 17.0 Å². The molecule has 0 fully saturated rings. The third-order valence-corrected chi connectivity index (χ3v) is 5.74. The number of rotatable bonds is 7. The van der Waals surface area contributed by atoms with Crippen molar-refractivity contribution < 1.29 is 18.1 Å². The van der Waals surface area contributed by atoms with Crippen LogP contribution in [-0.4, -0.2) is 31.5 Å². The van der Waals surface area contributed by atoms with Gasteiger partial charge in [-0.15, -0.1) is 0 Å². The SMILES string of the molecule is Cc1ccc([N+](=O)[O-])cc1N([C@@H](C)C(=O)NCc1ccccc1Cl)S(C)(=O)=O. The van der Waals surface area contributed by atoms with Crippen molar-refractivity contribution in [3.05, 3.63) is 68.7 Å². The minimum Gasteiger partial charge on any atom is -0.350 e. The van der Waals surface area contributed by atoms with Gasteiger partial charge in [0.05, 0.1) is 16.9 Å². The Hall–Kier alpha value is -2.65. The summed E-state index contributed by atoms with van der Waals surface area (Å²) < 4.78 is 25.7. The molecule has 0 saturated heterocycles. The van der Waals surface area contributed by atoms with Crippen LogP contribution in [0.5, 0.6) is 0 Å². The predicted octanol–water partition coefficient (Wildman–Crippen LogP) is 3.03. The van der Waals surface area contributed by atoms with Gasteiger partial charge in [0.25, 0.3) is 5.69 Å². The van der Waals surface area contributed by atoms with Gasteiger partial charge in [-0.05, 0) is 31.0 Å². The smallest absolute Gasteiger partial charge is 0.271 e. The van der Waals surface area contributed by atoms with Gasteiger partial charge in [0, 0.05) is 23.7 Å². The predicted molar refractivity (Wildman–Crippen MR) is 108 cm³/mol. The Labute approximate surface area is 168 Å². The molecule has 150 valence electrons. The van der Waals surface area contributed by atoms with E-state index in [1.54, 1.807) is 31.2 Å². The van der Waals surface area contributed by atoms with Gasteiger partial charge in [-0.1, -0.05) is 35.9 Å². The number of hydrogen-bond donors (Lipinski definition) is 1. The van der Waals surface area contributed by atoms with E-state index in [0.717, 1.165) is 16.6 Å². The average molecular weight is 426 g/mol. The summed E-state index contributed by atoms with van der Waals surface area (Å²) in [6.07, 6.45) is 0.948. The summed E-state index contributed by atoms with van der Waals surface area (Å²) in [5, 5.41) is 14.2. The number of hydrogen-bond acceptors (Lipinski definition) is 5. The van der Waals surface area contributed by atoms with Crippen LogP contribution in [0.4, 0.5) is 11.4 Å². The highest BCUT2D eigenvalue weighted by Crippen LogP contribution is 2.29. The van der Waals surface area contributed by atoms with Crippen LogP contribution < -0.4 is 9.62 Å². The highest BCUT2D eigenvalue weighted by molar-refractivity contribution is 7.92. The molecule has 0 spiro atoms. The van der Waals surface area contributed by atoms with E-state index in [9.17, 15) is 23.3 Å². The van der Waals surface area contributed by atoms with Gasteiger partial charge in [0.1, 0.15) is 6.04 Å². The molecule has 1 N–H and O–H groups in total. The van der Waals surface area contributed by atoms with Crippen LogP contribution in [-0.2, 0) is 21.4 Å². The molecule has 0 heterocycles. The van der Waals surface area contributed by atoms with Crippen LogP contribution in [0.1, 0.15) is 18.1 Å². The molecule has 1 amide bonds. The van der Waals surface area contributed by atoms with E-state index < -0.39 is 26.9 Å². The second kappa shape index (κ2) is 8.57. The molecule has 1 atom stereocenters. The van der Waals surface area contributed by atoms with Gasteiger partial charge in [0.15, 0.2) is 0 Å². The molecule has 10 heteroatoms. The molecule has 0 aromatic heterocycles. The molecule has 28 heavy (non-hydrogen) atoms. The first-order valence-corrected chi connectivity index (χ1v) is 10.5. The Bertz CT molecular complexity index is 1010. The van der Waals surface area contributed by atoms with E-state index in [1.807, 2.05) is 0 Å². The fraction of sp³-hybridized carbons (Fsp3) is 0.278. The largest absolute Gasteiger partial charge is 0.350 e.